The van der Waals surface area contributed by atoms with Crippen LogP contribution in [0.4, 0.5) is 0 Å². The number of primary amides is 1. The Hall–Kier alpha value is -1.91. The van der Waals surface area contributed by atoms with Crippen molar-refractivity contribution in [1.82, 2.24) is 5.32 Å². The monoisotopic (exact) mass is 244 g/mol. The molecule has 0 spiro atoms. The second-order valence-corrected chi connectivity index (χ2v) is 4.23. The Labute approximate surface area is 105 Å². The molecule has 0 aliphatic rings. The molecule has 2 rings (SSSR count). The Kier molecular flexibility index (Phi) is 3.92. The third-order valence-corrected chi connectivity index (χ3v) is 2.81. The fraction of sp³-hybridized carbons (Fsp3) is 0.214. The number of hydrogen-bond acceptors (Lipinski definition) is 3. The van der Waals surface area contributed by atoms with Crippen molar-refractivity contribution in [2.24, 2.45) is 5.73 Å². The van der Waals surface area contributed by atoms with Gasteiger partial charge in [-0.2, -0.15) is 0 Å². The van der Waals surface area contributed by atoms with E-state index >= 15 is 0 Å². The van der Waals surface area contributed by atoms with Gasteiger partial charge in [0, 0.05) is 13.1 Å². The zero-order valence-electron chi connectivity index (χ0n) is 9.97. The molecule has 0 fully saturated rings. The van der Waals surface area contributed by atoms with E-state index in [4.69, 9.17) is 5.73 Å². The molecule has 0 aliphatic heterocycles. The Morgan fingerprint density at radius 2 is 1.94 bits per heavy atom. The molecule has 0 saturated heterocycles. The van der Waals surface area contributed by atoms with E-state index in [1.54, 1.807) is 0 Å². The minimum Gasteiger partial charge on any atom is -0.382 e. The average Bonchev–Trinajstić information content (AvgIpc) is 2.38. The maximum atomic E-state index is 10.6. The zero-order valence-corrected chi connectivity index (χ0v) is 9.97. The molecule has 4 heteroatoms. The minimum atomic E-state index is -1.13. The lowest BCUT2D eigenvalue weighted by Crippen LogP contribution is -2.37. The van der Waals surface area contributed by atoms with E-state index in [1.807, 2.05) is 18.2 Å². The Balaban J connectivity index is 1.98. The zero-order chi connectivity index (χ0) is 13.0. The molecule has 4 N–H and O–H groups in total. The molecular formula is C14H16N2O2. The number of hydrogen-bond donors (Lipinski definition) is 3. The number of nitrogens with one attached hydrogen (secondary N) is 1. The van der Waals surface area contributed by atoms with E-state index in [0.29, 0.717) is 6.54 Å². The first-order chi connectivity index (χ1) is 8.66. The number of aliphatic hydroxyl groups is 1. The number of nitrogens with two attached hydrogens (primary N) is 1. The van der Waals surface area contributed by atoms with Gasteiger partial charge in [0.1, 0.15) is 6.10 Å². The van der Waals surface area contributed by atoms with Gasteiger partial charge in [0.2, 0.25) is 5.91 Å². The average molecular weight is 244 g/mol. The SMILES string of the molecule is NC(=O)C(O)CNCc1ccc2ccccc2c1. The first kappa shape index (κ1) is 12.5. The quantitative estimate of drug-likeness (QED) is 0.727. The van der Waals surface area contributed by atoms with Gasteiger partial charge < -0.3 is 16.2 Å². The summed E-state index contributed by atoms with van der Waals surface area (Å²) in [7, 11) is 0. The van der Waals surface area contributed by atoms with E-state index in [2.05, 4.69) is 29.6 Å². The van der Waals surface area contributed by atoms with Crippen LogP contribution in [0, 0.1) is 0 Å². The van der Waals surface area contributed by atoms with Gasteiger partial charge in [-0.1, -0.05) is 36.4 Å². The van der Waals surface area contributed by atoms with Crippen molar-refractivity contribution >= 4 is 16.7 Å². The van der Waals surface area contributed by atoms with E-state index in [1.165, 1.54) is 10.8 Å². The lowest BCUT2D eigenvalue weighted by atomic mass is 10.1. The Morgan fingerprint density at radius 1 is 1.22 bits per heavy atom. The van der Waals surface area contributed by atoms with Crippen LogP contribution < -0.4 is 11.1 Å². The highest BCUT2D eigenvalue weighted by Crippen LogP contribution is 2.15. The molecule has 0 saturated carbocycles. The molecular weight excluding hydrogens is 228 g/mol. The molecule has 0 aromatic heterocycles. The summed E-state index contributed by atoms with van der Waals surface area (Å²) in [6.45, 7) is 0.761. The smallest absolute Gasteiger partial charge is 0.247 e. The number of amides is 1. The summed E-state index contributed by atoms with van der Waals surface area (Å²) in [5, 5.41) is 14.6. The van der Waals surface area contributed by atoms with Gasteiger partial charge in [0.15, 0.2) is 0 Å². The minimum absolute atomic E-state index is 0.169. The van der Waals surface area contributed by atoms with E-state index in [0.717, 1.165) is 5.56 Å². The first-order valence-electron chi connectivity index (χ1n) is 5.82. The molecule has 1 unspecified atom stereocenters. The van der Waals surface area contributed by atoms with Crippen molar-refractivity contribution in [2.75, 3.05) is 6.54 Å². The number of carbonyl (C=O) groups is 1. The van der Waals surface area contributed by atoms with Crippen LogP contribution in [0.15, 0.2) is 42.5 Å². The molecule has 94 valence electrons. The third-order valence-electron chi connectivity index (χ3n) is 2.81. The molecule has 0 aliphatic carbocycles. The predicted octanol–water partition coefficient (Wildman–Crippen LogP) is 0.776. The van der Waals surface area contributed by atoms with Crippen LogP contribution in [0.2, 0.25) is 0 Å². The van der Waals surface area contributed by atoms with Crippen LogP contribution in [-0.4, -0.2) is 23.7 Å². The summed E-state index contributed by atoms with van der Waals surface area (Å²) >= 11 is 0. The van der Waals surface area contributed by atoms with Crippen molar-refractivity contribution in [1.29, 1.82) is 0 Å². The van der Waals surface area contributed by atoms with Crippen LogP contribution in [0.3, 0.4) is 0 Å². The second kappa shape index (κ2) is 5.62. The highest BCUT2D eigenvalue weighted by molar-refractivity contribution is 5.83. The van der Waals surface area contributed by atoms with E-state index < -0.39 is 12.0 Å². The van der Waals surface area contributed by atoms with Crippen LogP contribution >= 0.6 is 0 Å². The highest BCUT2D eigenvalue weighted by atomic mass is 16.3. The van der Waals surface area contributed by atoms with Gasteiger partial charge in [0.05, 0.1) is 0 Å². The number of fused-ring (bicyclic) bond motifs is 1. The lowest BCUT2D eigenvalue weighted by molar-refractivity contribution is -0.125. The van der Waals surface area contributed by atoms with Crippen molar-refractivity contribution in [3.63, 3.8) is 0 Å². The standard InChI is InChI=1S/C14H16N2O2/c15-14(18)13(17)9-16-8-10-5-6-11-3-1-2-4-12(11)7-10/h1-7,13,16-17H,8-9H2,(H2,15,18). The third kappa shape index (κ3) is 3.06. The molecule has 2 aromatic rings. The Bertz CT molecular complexity index is 554. The summed E-state index contributed by atoms with van der Waals surface area (Å²) in [4.78, 5) is 10.6. The molecule has 2 aromatic carbocycles. The molecule has 18 heavy (non-hydrogen) atoms. The topological polar surface area (TPSA) is 75.4 Å². The van der Waals surface area contributed by atoms with E-state index in [-0.39, 0.29) is 6.54 Å². The summed E-state index contributed by atoms with van der Waals surface area (Å²) < 4.78 is 0. The maximum absolute atomic E-state index is 10.6. The molecule has 0 bridgehead atoms. The van der Waals surface area contributed by atoms with Crippen molar-refractivity contribution in [3.8, 4) is 0 Å². The largest absolute Gasteiger partial charge is 0.382 e. The summed E-state index contributed by atoms with van der Waals surface area (Å²) in [5.74, 6) is -0.707. The van der Waals surface area contributed by atoms with Gasteiger partial charge in [-0.3, -0.25) is 4.79 Å². The fourth-order valence-corrected chi connectivity index (χ4v) is 1.80. The molecule has 4 nitrogen and oxygen atoms in total. The summed E-state index contributed by atoms with van der Waals surface area (Å²) in [6, 6.07) is 14.3. The highest BCUT2D eigenvalue weighted by Gasteiger charge is 2.09. The van der Waals surface area contributed by atoms with Crippen LogP contribution in [0.5, 0.6) is 0 Å². The number of rotatable bonds is 5. The van der Waals surface area contributed by atoms with Gasteiger partial charge in [-0.05, 0) is 22.4 Å². The Morgan fingerprint density at radius 3 is 2.67 bits per heavy atom. The number of aliphatic hydroxyl groups excluding tert-OH is 1. The first-order valence-corrected chi connectivity index (χ1v) is 5.82. The summed E-state index contributed by atoms with van der Waals surface area (Å²) in [6.07, 6.45) is -1.13. The van der Waals surface area contributed by atoms with Gasteiger partial charge >= 0.3 is 0 Å². The van der Waals surface area contributed by atoms with Crippen LogP contribution in [-0.2, 0) is 11.3 Å². The van der Waals surface area contributed by atoms with Crippen molar-refractivity contribution < 1.29 is 9.90 Å². The normalized spacial score (nSPS) is 12.5. The number of benzene rings is 2. The fourth-order valence-electron chi connectivity index (χ4n) is 1.80. The molecule has 0 radical (unpaired) electrons. The lowest BCUT2D eigenvalue weighted by Gasteiger charge is -2.09. The molecule has 0 heterocycles. The van der Waals surface area contributed by atoms with E-state index in [9.17, 15) is 9.90 Å². The number of carbonyl (C=O) groups excluding carboxylic acids is 1. The second-order valence-electron chi connectivity index (χ2n) is 4.23. The van der Waals surface area contributed by atoms with Gasteiger partial charge in [0.25, 0.3) is 0 Å². The maximum Gasteiger partial charge on any atom is 0.247 e. The van der Waals surface area contributed by atoms with Gasteiger partial charge in [-0.25, -0.2) is 0 Å². The molecule has 1 atom stereocenters. The van der Waals surface area contributed by atoms with Crippen LogP contribution in [0.25, 0.3) is 10.8 Å². The predicted molar refractivity (Wildman–Crippen MR) is 70.9 cm³/mol. The van der Waals surface area contributed by atoms with Crippen molar-refractivity contribution in [2.45, 2.75) is 12.6 Å². The summed E-state index contributed by atoms with van der Waals surface area (Å²) in [5.41, 5.74) is 6.06. The van der Waals surface area contributed by atoms with Crippen LogP contribution in [0.1, 0.15) is 5.56 Å². The van der Waals surface area contributed by atoms with Crippen molar-refractivity contribution in [3.05, 3.63) is 48.0 Å². The molecule has 1 amide bonds. The van der Waals surface area contributed by atoms with Gasteiger partial charge in [-0.15, -0.1) is 0 Å².